The third kappa shape index (κ3) is 5.05. The van der Waals surface area contributed by atoms with Crippen LogP contribution < -0.4 is 10.9 Å². The van der Waals surface area contributed by atoms with Gasteiger partial charge in [-0.05, 0) is 61.2 Å². The van der Waals surface area contributed by atoms with Gasteiger partial charge in [-0.2, -0.15) is 0 Å². The number of para-hydroxylation sites is 1. The molecule has 6 nitrogen and oxygen atoms in total. The second-order valence-electron chi connectivity index (χ2n) is 8.76. The molecule has 0 spiro atoms. The molecule has 1 saturated heterocycles. The lowest BCUT2D eigenvalue weighted by molar-refractivity contribution is 0.0736. The molecule has 0 saturated carbocycles. The van der Waals surface area contributed by atoms with Crippen molar-refractivity contribution in [3.8, 4) is 0 Å². The highest BCUT2D eigenvalue weighted by atomic mass is 79.9. The Morgan fingerprint density at radius 2 is 1.83 bits per heavy atom. The molecule has 1 aromatic heterocycles. The minimum atomic E-state index is -0.398. The molecule has 0 aliphatic carbocycles. The Morgan fingerprint density at radius 3 is 2.69 bits per heavy atom. The molecule has 0 radical (unpaired) electrons. The number of nitrogens with one attached hydrogen (secondary N) is 2. The summed E-state index contributed by atoms with van der Waals surface area (Å²) in [6, 6.07) is 23.8. The summed E-state index contributed by atoms with van der Waals surface area (Å²) < 4.78 is 1.03. The van der Waals surface area contributed by atoms with Crippen LogP contribution in [0.1, 0.15) is 39.1 Å². The number of hydrogen-bond donors (Lipinski definition) is 2. The van der Waals surface area contributed by atoms with Gasteiger partial charge in [-0.15, -0.1) is 0 Å². The quantitative estimate of drug-likeness (QED) is 0.363. The summed E-state index contributed by atoms with van der Waals surface area (Å²) in [5.41, 5.74) is 2.76. The van der Waals surface area contributed by atoms with Crippen LogP contribution in [-0.2, 0) is 6.42 Å². The van der Waals surface area contributed by atoms with Gasteiger partial charge in [0.2, 0.25) is 5.56 Å². The fourth-order valence-corrected chi connectivity index (χ4v) is 5.18. The van der Waals surface area contributed by atoms with Gasteiger partial charge in [-0.1, -0.05) is 52.3 Å². The smallest absolute Gasteiger partial charge is 0.256 e. The van der Waals surface area contributed by atoms with Crippen LogP contribution in [0.5, 0.6) is 0 Å². The zero-order valence-corrected chi connectivity index (χ0v) is 20.5. The van der Waals surface area contributed by atoms with Crippen molar-refractivity contribution in [1.29, 1.82) is 0 Å². The largest absolute Gasteiger partial charge is 0.335 e. The molecule has 5 rings (SSSR count). The molecule has 1 aliphatic heterocycles. The molecule has 35 heavy (non-hydrogen) atoms. The van der Waals surface area contributed by atoms with E-state index in [1.54, 1.807) is 42.5 Å². The molecule has 2 heterocycles. The third-order valence-corrected chi connectivity index (χ3v) is 6.85. The van der Waals surface area contributed by atoms with E-state index < -0.39 is 5.91 Å². The number of rotatable bonds is 5. The van der Waals surface area contributed by atoms with Crippen molar-refractivity contribution in [2.45, 2.75) is 25.3 Å². The number of benzene rings is 3. The Labute approximate surface area is 211 Å². The Bertz CT molecular complexity index is 1480. The number of likely N-dealkylation sites (tertiary alicyclic amines) is 1. The molecular formula is C28H24BrN3O3. The molecule has 7 heteroatoms. The van der Waals surface area contributed by atoms with Crippen LogP contribution >= 0.6 is 15.9 Å². The summed E-state index contributed by atoms with van der Waals surface area (Å²) in [6.45, 7) is 0.715. The predicted octanol–water partition coefficient (Wildman–Crippen LogP) is 5.39. The number of halogens is 1. The minimum Gasteiger partial charge on any atom is -0.335 e. The number of amides is 2. The van der Waals surface area contributed by atoms with Gasteiger partial charge in [0, 0.05) is 45.3 Å². The molecular weight excluding hydrogens is 506 g/mol. The van der Waals surface area contributed by atoms with Crippen molar-refractivity contribution in [2.75, 3.05) is 11.9 Å². The first kappa shape index (κ1) is 23.1. The lowest BCUT2D eigenvalue weighted by Crippen LogP contribution is -2.36. The predicted molar refractivity (Wildman–Crippen MR) is 141 cm³/mol. The van der Waals surface area contributed by atoms with Crippen molar-refractivity contribution in [1.82, 2.24) is 9.88 Å². The highest BCUT2D eigenvalue weighted by molar-refractivity contribution is 9.10. The molecule has 3 aromatic carbocycles. The van der Waals surface area contributed by atoms with Crippen LogP contribution in [0.4, 0.5) is 5.69 Å². The van der Waals surface area contributed by atoms with Gasteiger partial charge in [0.15, 0.2) is 0 Å². The number of anilines is 1. The van der Waals surface area contributed by atoms with E-state index in [4.69, 9.17) is 0 Å². The Kier molecular flexibility index (Phi) is 6.51. The van der Waals surface area contributed by atoms with E-state index in [1.165, 1.54) is 11.6 Å². The van der Waals surface area contributed by atoms with Crippen molar-refractivity contribution in [3.05, 3.63) is 110 Å². The maximum absolute atomic E-state index is 13.4. The van der Waals surface area contributed by atoms with E-state index in [2.05, 4.69) is 38.4 Å². The highest BCUT2D eigenvalue weighted by Gasteiger charge is 2.29. The van der Waals surface area contributed by atoms with E-state index in [0.717, 1.165) is 23.7 Å². The average Bonchev–Trinajstić information content (AvgIpc) is 3.31. The van der Waals surface area contributed by atoms with Gasteiger partial charge < -0.3 is 15.2 Å². The van der Waals surface area contributed by atoms with Crippen molar-refractivity contribution >= 4 is 44.3 Å². The molecule has 2 amide bonds. The molecule has 1 unspecified atom stereocenters. The van der Waals surface area contributed by atoms with Crippen LogP contribution in [0.25, 0.3) is 10.9 Å². The van der Waals surface area contributed by atoms with Crippen molar-refractivity contribution < 1.29 is 9.59 Å². The lowest BCUT2D eigenvalue weighted by Gasteiger charge is -2.25. The van der Waals surface area contributed by atoms with Gasteiger partial charge >= 0.3 is 0 Å². The van der Waals surface area contributed by atoms with Crippen LogP contribution in [0.15, 0.2) is 88.1 Å². The van der Waals surface area contributed by atoms with Gasteiger partial charge in [0.25, 0.3) is 11.8 Å². The monoisotopic (exact) mass is 529 g/mol. The van der Waals surface area contributed by atoms with E-state index in [9.17, 15) is 14.4 Å². The average molecular weight is 530 g/mol. The Hall–Kier alpha value is -3.71. The Morgan fingerprint density at radius 1 is 1.00 bits per heavy atom. The van der Waals surface area contributed by atoms with E-state index in [1.807, 2.05) is 23.1 Å². The number of carbonyl (C=O) groups excluding carboxylic acids is 2. The van der Waals surface area contributed by atoms with Gasteiger partial charge in [-0.3, -0.25) is 14.4 Å². The summed E-state index contributed by atoms with van der Waals surface area (Å²) in [7, 11) is 0. The SMILES string of the molecule is O=C(Nc1cccc(C(=O)N2CCCC2Cc2cccc(Br)c2)c1)c1cc(=O)[nH]c2ccccc12. The van der Waals surface area contributed by atoms with Gasteiger partial charge in [0.05, 0.1) is 5.56 Å². The van der Waals surface area contributed by atoms with Crippen molar-refractivity contribution in [2.24, 2.45) is 0 Å². The van der Waals surface area contributed by atoms with Crippen molar-refractivity contribution in [3.63, 3.8) is 0 Å². The Balaban J connectivity index is 1.35. The number of aromatic nitrogens is 1. The number of fused-ring (bicyclic) bond motifs is 1. The number of aromatic amines is 1. The summed E-state index contributed by atoms with van der Waals surface area (Å²) in [5, 5.41) is 3.51. The first-order valence-electron chi connectivity index (χ1n) is 11.6. The highest BCUT2D eigenvalue weighted by Crippen LogP contribution is 2.25. The van der Waals surface area contributed by atoms with Gasteiger partial charge in [0.1, 0.15) is 0 Å². The summed E-state index contributed by atoms with van der Waals surface area (Å²) in [6.07, 6.45) is 2.73. The molecule has 4 aromatic rings. The maximum Gasteiger partial charge on any atom is 0.256 e. The van der Waals surface area contributed by atoms with Crippen LogP contribution in [0.3, 0.4) is 0 Å². The standard InChI is InChI=1S/C28H24BrN3O3/c29-20-8-3-6-18(14-20)15-22-10-5-13-32(22)28(35)19-7-4-9-21(16-19)30-27(34)24-17-26(33)31-25-12-2-1-11-23(24)25/h1-4,6-9,11-12,14,16-17,22H,5,10,13,15H2,(H,30,34)(H,31,33). The van der Waals surface area contributed by atoms with Crippen LogP contribution in [0.2, 0.25) is 0 Å². The maximum atomic E-state index is 13.4. The molecule has 176 valence electrons. The summed E-state index contributed by atoms with van der Waals surface area (Å²) in [5.74, 6) is -0.439. The zero-order valence-electron chi connectivity index (χ0n) is 19.0. The summed E-state index contributed by atoms with van der Waals surface area (Å²) in [4.78, 5) is 43.2. The van der Waals surface area contributed by atoms with Gasteiger partial charge in [-0.25, -0.2) is 0 Å². The number of carbonyl (C=O) groups is 2. The second-order valence-corrected chi connectivity index (χ2v) is 9.67. The van der Waals surface area contributed by atoms with E-state index >= 15 is 0 Å². The van der Waals surface area contributed by atoms with Crippen LogP contribution in [-0.4, -0.2) is 34.3 Å². The summed E-state index contributed by atoms with van der Waals surface area (Å²) >= 11 is 3.52. The van der Waals surface area contributed by atoms with E-state index in [0.29, 0.717) is 28.7 Å². The fourth-order valence-electron chi connectivity index (χ4n) is 4.74. The molecule has 1 aliphatic rings. The fraction of sp³-hybridized carbons (Fsp3) is 0.179. The second kappa shape index (κ2) is 9.88. The first-order valence-corrected chi connectivity index (χ1v) is 12.4. The van der Waals surface area contributed by atoms with E-state index in [-0.39, 0.29) is 23.1 Å². The number of hydrogen-bond acceptors (Lipinski definition) is 3. The zero-order chi connectivity index (χ0) is 24.4. The third-order valence-electron chi connectivity index (χ3n) is 6.36. The normalized spacial score (nSPS) is 15.3. The molecule has 0 bridgehead atoms. The first-order chi connectivity index (χ1) is 17.0. The molecule has 1 atom stereocenters. The number of pyridine rings is 1. The minimum absolute atomic E-state index is 0.0415. The lowest BCUT2D eigenvalue weighted by atomic mass is 10.0. The number of H-pyrrole nitrogens is 1. The number of nitrogens with zero attached hydrogens (tertiary/aromatic N) is 1. The molecule has 1 fully saturated rings. The topological polar surface area (TPSA) is 82.3 Å². The van der Waals surface area contributed by atoms with Crippen LogP contribution in [0, 0.1) is 0 Å². The molecule has 2 N–H and O–H groups in total.